The second-order valence-electron chi connectivity index (χ2n) is 8.69. The molecule has 0 saturated heterocycles. The van der Waals surface area contributed by atoms with Gasteiger partial charge in [0, 0.05) is 37.5 Å². The van der Waals surface area contributed by atoms with Crippen molar-refractivity contribution in [3.63, 3.8) is 0 Å². The molecule has 0 aliphatic heterocycles. The number of hydrogen-bond acceptors (Lipinski definition) is 8. The molecule has 0 heterocycles. The van der Waals surface area contributed by atoms with Gasteiger partial charge in [-0.1, -0.05) is 52.4 Å². The number of esters is 2. The van der Waals surface area contributed by atoms with Crippen molar-refractivity contribution in [2.75, 3.05) is 13.2 Å². The van der Waals surface area contributed by atoms with Crippen molar-refractivity contribution in [3.8, 4) is 0 Å². The fourth-order valence-corrected chi connectivity index (χ4v) is 2.81. The first-order valence-electron chi connectivity index (χ1n) is 13.5. The molecule has 10 nitrogen and oxygen atoms in total. The molecule has 0 saturated carbocycles. The summed E-state index contributed by atoms with van der Waals surface area (Å²) < 4.78 is 9.98. The summed E-state index contributed by atoms with van der Waals surface area (Å²) >= 11 is 0. The predicted molar refractivity (Wildman–Crippen MR) is 146 cm³/mol. The van der Waals surface area contributed by atoms with Crippen LogP contribution in [0.2, 0.25) is 0 Å². The van der Waals surface area contributed by atoms with Gasteiger partial charge in [0.1, 0.15) is 0 Å². The maximum absolute atomic E-state index is 11.1. The quantitative estimate of drug-likeness (QED) is 0.100. The van der Waals surface area contributed by atoms with E-state index in [9.17, 15) is 19.2 Å². The molecule has 2 atom stereocenters. The zero-order valence-corrected chi connectivity index (χ0v) is 23.6. The molecule has 0 aromatic carbocycles. The second kappa shape index (κ2) is 30.5. The van der Waals surface area contributed by atoms with Gasteiger partial charge in [0.05, 0.1) is 12.2 Å². The largest absolute Gasteiger partial charge is 0.478 e. The number of carbonyl (C=O) groups is 4. The Morgan fingerprint density at radius 2 is 0.921 bits per heavy atom. The number of ether oxygens (including phenoxy) is 2. The number of hydrogen-bond donors (Lipinski definition) is 4. The second-order valence-corrected chi connectivity index (χ2v) is 8.69. The van der Waals surface area contributed by atoms with Gasteiger partial charge in [-0.25, -0.2) is 19.2 Å². The topological polar surface area (TPSA) is 168 Å². The number of aliphatic carboxylic acids is 2. The van der Waals surface area contributed by atoms with Crippen molar-refractivity contribution in [3.05, 3.63) is 24.3 Å². The van der Waals surface area contributed by atoms with Gasteiger partial charge in [0.2, 0.25) is 0 Å². The Morgan fingerprint density at radius 3 is 1.18 bits per heavy atom. The minimum Gasteiger partial charge on any atom is -0.478 e. The van der Waals surface area contributed by atoms with E-state index in [1.54, 1.807) is 0 Å². The van der Waals surface area contributed by atoms with Gasteiger partial charge in [-0.05, 0) is 52.4 Å². The van der Waals surface area contributed by atoms with Crippen molar-refractivity contribution >= 4 is 23.9 Å². The summed E-state index contributed by atoms with van der Waals surface area (Å²) in [5, 5.41) is 32.8. The molecule has 4 N–H and O–H groups in total. The first kappa shape index (κ1) is 39.8. The van der Waals surface area contributed by atoms with Crippen LogP contribution >= 0.6 is 0 Å². The van der Waals surface area contributed by atoms with Crippen molar-refractivity contribution in [2.24, 2.45) is 0 Å². The highest BCUT2D eigenvalue weighted by atomic mass is 16.5. The van der Waals surface area contributed by atoms with Crippen LogP contribution in [0.4, 0.5) is 0 Å². The lowest BCUT2D eigenvalue weighted by Gasteiger charge is -2.11. The molecule has 38 heavy (non-hydrogen) atoms. The predicted octanol–water partition coefficient (Wildman–Crippen LogP) is 4.81. The summed E-state index contributed by atoms with van der Waals surface area (Å²) in [6.07, 6.45) is 15.3. The van der Waals surface area contributed by atoms with E-state index in [0.717, 1.165) is 75.7 Å². The van der Waals surface area contributed by atoms with Gasteiger partial charge >= 0.3 is 23.9 Å². The summed E-state index contributed by atoms with van der Waals surface area (Å²) in [7, 11) is 0. The fourth-order valence-electron chi connectivity index (χ4n) is 2.81. The van der Waals surface area contributed by atoms with Gasteiger partial charge < -0.3 is 29.9 Å². The van der Waals surface area contributed by atoms with Crippen LogP contribution in [0.15, 0.2) is 24.3 Å². The Morgan fingerprint density at radius 1 is 0.579 bits per heavy atom. The molecule has 10 heteroatoms. The van der Waals surface area contributed by atoms with E-state index in [1.165, 1.54) is 25.7 Å². The van der Waals surface area contributed by atoms with E-state index in [4.69, 9.17) is 29.9 Å². The molecule has 0 bridgehead atoms. The molecule has 0 amide bonds. The first-order valence-corrected chi connectivity index (χ1v) is 13.5. The molecule has 0 radical (unpaired) electrons. The third kappa shape index (κ3) is 37.8. The summed E-state index contributed by atoms with van der Waals surface area (Å²) in [5.41, 5.74) is 0. The first-order chi connectivity index (χ1) is 18.0. The highest BCUT2D eigenvalue weighted by Gasteiger charge is 2.07. The summed E-state index contributed by atoms with van der Waals surface area (Å²) in [6.45, 7) is 8.30. The lowest BCUT2D eigenvalue weighted by atomic mass is 10.1. The van der Waals surface area contributed by atoms with Crippen LogP contribution in [0.25, 0.3) is 0 Å². The van der Waals surface area contributed by atoms with E-state index >= 15 is 0 Å². The number of rotatable bonds is 19. The Balaban J connectivity index is -0.000000532. The normalized spacial score (nSPS) is 12.1. The number of aliphatic hydroxyl groups excluding tert-OH is 2. The van der Waals surface area contributed by atoms with Crippen LogP contribution in [0.3, 0.4) is 0 Å². The zero-order chi connectivity index (χ0) is 29.6. The summed E-state index contributed by atoms with van der Waals surface area (Å²) in [4.78, 5) is 42.4. The third-order valence-corrected chi connectivity index (χ3v) is 4.85. The van der Waals surface area contributed by atoms with Crippen molar-refractivity contribution in [2.45, 2.75) is 117 Å². The van der Waals surface area contributed by atoms with Crippen LogP contribution in [-0.4, -0.2) is 69.7 Å². The molecule has 222 valence electrons. The van der Waals surface area contributed by atoms with Crippen LogP contribution in [-0.2, 0) is 28.7 Å². The lowest BCUT2D eigenvalue weighted by molar-refractivity contribution is -0.143. The average molecular weight is 547 g/mol. The Kier molecular flexibility index (Phi) is 31.9. The van der Waals surface area contributed by atoms with Crippen LogP contribution in [0.1, 0.15) is 105 Å². The van der Waals surface area contributed by atoms with E-state index < -0.39 is 23.9 Å². The molecule has 0 rings (SSSR count). The molecule has 0 aliphatic carbocycles. The fraction of sp³-hybridized carbons (Fsp3) is 0.714. The SMILES string of the molecule is CCCCCCC(C)OC(=O)C=CC(=O)O.CCCCCCC(C)OC(=O)C=CC(=O)O.OCCCCO. The Bertz CT molecular complexity index is 602. The average Bonchev–Trinajstić information content (AvgIpc) is 2.86. The highest BCUT2D eigenvalue weighted by molar-refractivity contribution is 5.91. The Hall–Kier alpha value is -2.72. The zero-order valence-electron chi connectivity index (χ0n) is 23.6. The maximum Gasteiger partial charge on any atom is 0.331 e. The van der Waals surface area contributed by atoms with E-state index in [0.29, 0.717) is 0 Å². The maximum atomic E-state index is 11.1. The summed E-state index contributed by atoms with van der Waals surface area (Å²) in [5.74, 6) is -3.48. The van der Waals surface area contributed by atoms with Gasteiger partial charge in [-0.2, -0.15) is 0 Å². The number of aliphatic hydroxyl groups is 2. The standard InChI is InChI=1S/2C12H20O4.C4H10O2/c2*1-3-4-5-6-7-10(2)16-12(15)9-8-11(13)14;5-3-1-2-4-6/h2*8-10H,3-7H2,1-2H3,(H,13,14);5-6H,1-4H2. The monoisotopic (exact) mass is 546 g/mol. The molecule has 2 unspecified atom stereocenters. The molecule has 0 aromatic heterocycles. The summed E-state index contributed by atoms with van der Waals surface area (Å²) in [6, 6.07) is 0. The van der Waals surface area contributed by atoms with Crippen molar-refractivity contribution in [1.82, 2.24) is 0 Å². The van der Waals surface area contributed by atoms with E-state index in [-0.39, 0.29) is 25.4 Å². The third-order valence-electron chi connectivity index (χ3n) is 4.85. The van der Waals surface area contributed by atoms with Crippen LogP contribution in [0, 0.1) is 0 Å². The van der Waals surface area contributed by atoms with Gasteiger partial charge in [-0.3, -0.25) is 0 Å². The van der Waals surface area contributed by atoms with E-state index in [1.807, 2.05) is 13.8 Å². The molecular formula is C28H50O10. The van der Waals surface area contributed by atoms with E-state index in [2.05, 4.69) is 13.8 Å². The van der Waals surface area contributed by atoms with Crippen LogP contribution in [0.5, 0.6) is 0 Å². The smallest absolute Gasteiger partial charge is 0.331 e. The Labute approximate surface area is 227 Å². The number of carboxylic acids is 2. The molecule has 0 aliphatic rings. The van der Waals surface area contributed by atoms with Gasteiger partial charge in [-0.15, -0.1) is 0 Å². The van der Waals surface area contributed by atoms with Crippen molar-refractivity contribution in [1.29, 1.82) is 0 Å². The molecule has 0 aromatic rings. The number of carbonyl (C=O) groups excluding carboxylic acids is 2. The molecular weight excluding hydrogens is 496 g/mol. The van der Waals surface area contributed by atoms with Crippen molar-refractivity contribution < 1.29 is 49.1 Å². The highest BCUT2D eigenvalue weighted by Crippen LogP contribution is 2.09. The molecule has 0 fully saturated rings. The minimum atomic E-state index is -1.15. The number of carboxylic acid groups (broad SMARTS) is 2. The van der Waals surface area contributed by atoms with Crippen LogP contribution < -0.4 is 0 Å². The molecule has 0 spiro atoms. The van der Waals surface area contributed by atoms with Gasteiger partial charge in [0.25, 0.3) is 0 Å². The number of unbranched alkanes of at least 4 members (excludes halogenated alkanes) is 7. The lowest BCUT2D eigenvalue weighted by Crippen LogP contribution is -2.13. The minimum absolute atomic E-state index is 0.150. The van der Waals surface area contributed by atoms with Gasteiger partial charge in [0.15, 0.2) is 0 Å².